The van der Waals surface area contributed by atoms with Gasteiger partial charge in [0.15, 0.2) is 0 Å². The van der Waals surface area contributed by atoms with Crippen LogP contribution in [0.15, 0.2) is 33.6 Å². The molecule has 0 unspecified atom stereocenters. The molecule has 7 nitrogen and oxygen atoms in total. The number of rotatable bonds is 7. The van der Waals surface area contributed by atoms with Gasteiger partial charge in [-0.3, -0.25) is 9.59 Å². The zero-order valence-electron chi connectivity index (χ0n) is 10.4. The van der Waals surface area contributed by atoms with Gasteiger partial charge >= 0.3 is 0 Å². The molecule has 0 radical (unpaired) electrons. The fraction of sp³-hybridized carbons (Fsp3) is 0.273. The second kappa shape index (κ2) is 7.36. The molecule has 0 atom stereocenters. The molecule has 0 bridgehead atoms. The van der Waals surface area contributed by atoms with Crippen molar-refractivity contribution in [3.63, 3.8) is 0 Å². The molecular formula is C11H14BrN3O4S. The highest BCUT2D eigenvalue weighted by Gasteiger charge is 2.16. The lowest BCUT2D eigenvalue weighted by molar-refractivity contribution is -0.124. The van der Waals surface area contributed by atoms with E-state index in [1.54, 1.807) is 18.2 Å². The van der Waals surface area contributed by atoms with Crippen LogP contribution in [0.2, 0.25) is 0 Å². The van der Waals surface area contributed by atoms with Crippen molar-refractivity contribution in [1.29, 1.82) is 0 Å². The van der Waals surface area contributed by atoms with Crippen molar-refractivity contribution in [3.8, 4) is 0 Å². The van der Waals surface area contributed by atoms with Crippen LogP contribution in [-0.4, -0.2) is 33.3 Å². The smallest absolute Gasteiger partial charge is 0.241 e. The number of benzene rings is 1. The Kier molecular flexibility index (Phi) is 6.11. The minimum absolute atomic E-state index is 0.0751. The molecule has 0 aliphatic rings. The molecule has 0 saturated heterocycles. The third kappa shape index (κ3) is 5.27. The summed E-state index contributed by atoms with van der Waals surface area (Å²) in [5, 5.41) is 2.26. The van der Waals surface area contributed by atoms with Crippen LogP contribution in [0.4, 0.5) is 0 Å². The molecule has 1 rings (SSSR count). The number of hydrogen-bond donors (Lipinski definition) is 3. The molecule has 0 spiro atoms. The highest BCUT2D eigenvalue weighted by molar-refractivity contribution is 9.10. The molecule has 0 heterocycles. The Morgan fingerprint density at radius 3 is 2.50 bits per heavy atom. The Labute approximate surface area is 125 Å². The molecule has 0 saturated carbocycles. The second-order valence-electron chi connectivity index (χ2n) is 3.82. The van der Waals surface area contributed by atoms with E-state index in [0.717, 1.165) is 0 Å². The number of hydrogen-bond acceptors (Lipinski definition) is 4. The third-order valence-electron chi connectivity index (χ3n) is 2.23. The number of primary amides is 1. The van der Waals surface area contributed by atoms with Gasteiger partial charge < -0.3 is 11.1 Å². The van der Waals surface area contributed by atoms with Crippen LogP contribution in [0.3, 0.4) is 0 Å². The van der Waals surface area contributed by atoms with Crippen molar-refractivity contribution in [2.45, 2.75) is 11.3 Å². The van der Waals surface area contributed by atoms with E-state index in [9.17, 15) is 18.0 Å². The summed E-state index contributed by atoms with van der Waals surface area (Å²) in [4.78, 5) is 21.8. The normalized spacial score (nSPS) is 11.1. The minimum atomic E-state index is -3.69. The summed E-state index contributed by atoms with van der Waals surface area (Å²) in [5.41, 5.74) is 4.86. The summed E-state index contributed by atoms with van der Waals surface area (Å²) < 4.78 is 26.6. The van der Waals surface area contributed by atoms with Crippen molar-refractivity contribution in [1.82, 2.24) is 10.0 Å². The average Bonchev–Trinajstić information content (AvgIpc) is 2.36. The number of halogens is 1. The molecule has 2 amide bonds. The van der Waals surface area contributed by atoms with Gasteiger partial charge in [0.2, 0.25) is 21.8 Å². The third-order valence-corrected chi connectivity index (χ3v) is 4.70. The van der Waals surface area contributed by atoms with E-state index >= 15 is 0 Å². The molecule has 9 heteroatoms. The average molecular weight is 364 g/mol. The number of sulfonamides is 1. The van der Waals surface area contributed by atoms with Crippen LogP contribution >= 0.6 is 15.9 Å². The van der Waals surface area contributed by atoms with Gasteiger partial charge in [-0.05, 0) is 28.1 Å². The molecule has 0 fully saturated rings. The lowest BCUT2D eigenvalue weighted by atomic mass is 10.4. The monoisotopic (exact) mass is 363 g/mol. The number of amides is 2. The maximum atomic E-state index is 12.0. The summed E-state index contributed by atoms with van der Waals surface area (Å²) in [6.45, 7) is -0.343. The lowest BCUT2D eigenvalue weighted by Gasteiger charge is -2.08. The molecule has 1 aromatic rings. The quantitative estimate of drug-likeness (QED) is 0.617. The first-order chi connectivity index (χ1) is 9.33. The molecule has 4 N–H and O–H groups in total. The van der Waals surface area contributed by atoms with Gasteiger partial charge in [0.25, 0.3) is 0 Å². The Morgan fingerprint density at radius 2 is 1.90 bits per heavy atom. The van der Waals surface area contributed by atoms with Crippen molar-refractivity contribution < 1.29 is 18.0 Å². The summed E-state index contributed by atoms with van der Waals surface area (Å²) in [6, 6.07) is 6.34. The van der Waals surface area contributed by atoms with Gasteiger partial charge in [-0.2, -0.15) is 0 Å². The molecule has 110 valence electrons. The van der Waals surface area contributed by atoms with Crippen LogP contribution < -0.4 is 15.8 Å². The van der Waals surface area contributed by atoms with Gasteiger partial charge in [-0.15, -0.1) is 0 Å². The number of nitrogens with two attached hydrogens (primary N) is 1. The summed E-state index contributed by atoms with van der Waals surface area (Å²) in [6.07, 6.45) is -0.0863. The topological polar surface area (TPSA) is 118 Å². The Balaban J connectivity index is 2.51. The highest BCUT2D eigenvalue weighted by atomic mass is 79.9. The molecule has 0 aliphatic heterocycles. The van der Waals surface area contributed by atoms with Crippen LogP contribution in [0.1, 0.15) is 6.42 Å². The molecule has 0 aliphatic carbocycles. The zero-order chi connectivity index (χ0) is 15.2. The van der Waals surface area contributed by atoms with Gasteiger partial charge in [-0.1, -0.05) is 12.1 Å². The number of carbonyl (C=O) groups is 2. The van der Waals surface area contributed by atoms with Gasteiger partial charge in [0.05, 0.1) is 11.4 Å². The Morgan fingerprint density at radius 1 is 1.25 bits per heavy atom. The SMILES string of the molecule is NC(=O)CNC(=O)CCNS(=O)(=O)c1ccccc1Br. The molecule has 0 aromatic heterocycles. The maximum absolute atomic E-state index is 12.0. The Hall–Kier alpha value is -1.45. The maximum Gasteiger partial charge on any atom is 0.241 e. The van der Waals surface area contributed by atoms with E-state index in [1.165, 1.54) is 6.07 Å². The first-order valence-electron chi connectivity index (χ1n) is 5.62. The fourth-order valence-electron chi connectivity index (χ4n) is 1.31. The van der Waals surface area contributed by atoms with Crippen molar-refractivity contribution in [2.75, 3.05) is 13.1 Å². The van der Waals surface area contributed by atoms with Gasteiger partial charge in [0, 0.05) is 17.4 Å². The van der Waals surface area contributed by atoms with E-state index < -0.39 is 21.8 Å². The molecule has 20 heavy (non-hydrogen) atoms. The lowest BCUT2D eigenvalue weighted by Crippen LogP contribution is -2.35. The van der Waals surface area contributed by atoms with Gasteiger partial charge in [-0.25, -0.2) is 13.1 Å². The second-order valence-corrected chi connectivity index (χ2v) is 6.41. The van der Waals surface area contributed by atoms with E-state index in [0.29, 0.717) is 4.47 Å². The molecule has 1 aromatic carbocycles. The largest absolute Gasteiger partial charge is 0.368 e. The van der Waals surface area contributed by atoms with Crippen LogP contribution in [0.5, 0.6) is 0 Å². The van der Waals surface area contributed by atoms with E-state index in [4.69, 9.17) is 5.73 Å². The summed E-state index contributed by atoms with van der Waals surface area (Å²) >= 11 is 3.14. The first kappa shape index (κ1) is 16.6. The standard InChI is InChI=1S/C11H14BrN3O4S/c12-8-3-1-2-4-9(8)20(18,19)15-6-5-11(17)14-7-10(13)16/h1-4,15H,5-7H2,(H2,13,16)(H,14,17). The molecular weight excluding hydrogens is 350 g/mol. The van der Waals surface area contributed by atoms with Crippen LogP contribution in [-0.2, 0) is 19.6 Å². The Bertz CT molecular complexity index is 603. The fourth-order valence-corrected chi connectivity index (χ4v) is 3.35. The van der Waals surface area contributed by atoms with Gasteiger partial charge in [0.1, 0.15) is 0 Å². The van der Waals surface area contributed by atoms with Crippen molar-refractivity contribution >= 4 is 37.8 Å². The predicted octanol–water partition coefficient (Wildman–Crippen LogP) is -0.281. The predicted molar refractivity (Wildman–Crippen MR) is 76.2 cm³/mol. The number of carbonyl (C=O) groups excluding carboxylic acids is 2. The summed E-state index contributed by atoms with van der Waals surface area (Å²) in [7, 11) is -3.69. The van der Waals surface area contributed by atoms with E-state index in [2.05, 4.69) is 26.0 Å². The van der Waals surface area contributed by atoms with Crippen molar-refractivity contribution in [3.05, 3.63) is 28.7 Å². The number of nitrogens with one attached hydrogen (secondary N) is 2. The minimum Gasteiger partial charge on any atom is -0.368 e. The van der Waals surface area contributed by atoms with E-state index in [1.807, 2.05) is 0 Å². The van der Waals surface area contributed by atoms with Crippen molar-refractivity contribution in [2.24, 2.45) is 5.73 Å². The summed E-state index contributed by atoms with van der Waals surface area (Å²) in [5.74, 6) is -1.12. The highest BCUT2D eigenvalue weighted by Crippen LogP contribution is 2.20. The van der Waals surface area contributed by atoms with E-state index in [-0.39, 0.29) is 24.4 Å². The van der Waals surface area contributed by atoms with Crippen LogP contribution in [0, 0.1) is 0 Å². The first-order valence-corrected chi connectivity index (χ1v) is 7.90. The zero-order valence-corrected chi connectivity index (χ0v) is 12.8. The van der Waals surface area contributed by atoms with Crippen LogP contribution in [0.25, 0.3) is 0 Å².